The van der Waals surface area contributed by atoms with Crippen LogP contribution in [0.2, 0.25) is 0 Å². The topological polar surface area (TPSA) is 86.8 Å². The maximum absolute atomic E-state index is 13.2. The molecule has 182 valence electrons. The summed E-state index contributed by atoms with van der Waals surface area (Å²) < 4.78 is 52.9. The lowest BCUT2D eigenvalue weighted by Gasteiger charge is -2.32. The van der Waals surface area contributed by atoms with E-state index < -0.39 is 40.0 Å². The van der Waals surface area contributed by atoms with Crippen molar-refractivity contribution in [2.75, 3.05) is 30.4 Å². The molecule has 0 bridgehead atoms. The number of hydrogen-bond donors (Lipinski definition) is 1. The molecule has 0 atom stereocenters. The number of sulfonamides is 1. The first kappa shape index (κ1) is 24.5. The normalized spacial score (nSPS) is 13.4. The number of nitrogens with one attached hydrogen (secondary N) is 1. The molecule has 0 saturated heterocycles. The van der Waals surface area contributed by atoms with Gasteiger partial charge in [-0.2, -0.15) is 4.31 Å². The second-order valence-electron chi connectivity index (χ2n) is 8.13. The first-order valence-corrected chi connectivity index (χ1v) is 12.3. The van der Waals surface area contributed by atoms with Crippen molar-refractivity contribution < 1.29 is 26.8 Å². The zero-order chi connectivity index (χ0) is 25.2. The molecular weight excluding hydrogens is 476 g/mol. The molecule has 35 heavy (non-hydrogen) atoms. The van der Waals surface area contributed by atoms with Gasteiger partial charge in [-0.1, -0.05) is 6.07 Å². The van der Waals surface area contributed by atoms with Crippen molar-refractivity contribution >= 4 is 33.2 Å². The van der Waals surface area contributed by atoms with E-state index in [0.717, 1.165) is 34.1 Å². The SMILES string of the molecule is CN(CC(=O)N1CCCc2c(NC(=O)c3ccc(F)cc3)cccc21)S(=O)(=O)c1ccc(F)cc1. The highest BCUT2D eigenvalue weighted by atomic mass is 32.2. The van der Waals surface area contributed by atoms with E-state index in [0.29, 0.717) is 36.3 Å². The summed E-state index contributed by atoms with van der Waals surface area (Å²) in [4.78, 5) is 27.1. The van der Waals surface area contributed by atoms with E-state index in [1.54, 1.807) is 18.2 Å². The van der Waals surface area contributed by atoms with Crippen LogP contribution in [-0.2, 0) is 21.2 Å². The molecule has 1 aliphatic heterocycles. The summed E-state index contributed by atoms with van der Waals surface area (Å²) in [5.74, 6) is -1.85. The van der Waals surface area contributed by atoms with Gasteiger partial charge in [-0.25, -0.2) is 17.2 Å². The zero-order valence-electron chi connectivity index (χ0n) is 18.9. The number of rotatable bonds is 6. The van der Waals surface area contributed by atoms with Crippen LogP contribution in [-0.4, -0.2) is 44.7 Å². The predicted octanol–water partition coefficient (Wildman–Crippen LogP) is 3.82. The van der Waals surface area contributed by atoms with Crippen LogP contribution in [0.15, 0.2) is 71.6 Å². The van der Waals surface area contributed by atoms with Crippen LogP contribution in [0.3, 0.4) is 0 Å². The Hall–Kier alpha value is -3.63. The van der Waals surface area contributed by atoms with E-state index in [-0.39, 0.29) is 4.90 Å². The van der Waals surface area contributed by atoms with Crippen molar-refractivity contribution in [3.63, 3.8) is 0 Å². The number of hydrogen-bond acceptors (Lipinski definition) is 4. The van der Waals surface area contributed by atoms with Crippen LogP contribution in [0.25, 0.3) is 0 Å². The molecule has 0 spiro atoms. The van der Waals surface area contributed by atoms with E-state index in [4.69, 9.17) is 0 Å². The molecule has 0 fully saturated rings. The average molecular weight is 500 g/mol. The van der Waals surface area contributed by atoms with Crippen molar-refractivity contribution in [2.45, 2.75) is 17.7 Å². The summed E-state index contributed by atoms with van der Waals surface area (Å²) in [7, 11) is -2.70. The number of amides is 2. The van der Waals surface area contributed by atoms with E-state index in [1.807, 2.05) is 0 Å². The zero-order valence-corrected chi connectivity index (χ0v) is 19.7. The van der Waals surface area contributed by atoms with Gasteiger partial charge in [0.05, 0.1) is 11.4 Å². The van der Waals surface area contributed by atoms with Crippen LogP contribution in [0, 0.1) is 11.6 Å². The number of carbonyl (C=O) groups is 2. The monoisotopic (exact) mass is 499 g/mol. The number of fused-ring (bicyclic) bond motifs is 1. The summed E-state index contributed by atoms with van der Waals surface area (Å²) in [5, 5.41) is 2.82. The minimum Gasteiger partial charge on any atom is -0.322 e. The van der Waals surface area contributed by atoms with Crippen LogP contribution < -0.4 is 10.2 Å². The van der Waals surface area contributed by atoms with Crippen molar-refractivity contribution in [1.82, 2.24) is 4.31 Å². The quantitative estimate of drug-likeness (QED) is 0.559. The van der Waals surface area contributed by atoms with E-state index in [9.17, 15) is 26.8 Å². The second-order valence-corrected chi connectivity index (χ2v) is 10.2. The maximum Gasteiger partial charge on any atom is 0.255 e. The smallest absolute Gasteiger partial charge is 0.255 e. The van der Waals surface area contributed by atoms with Crippen molar-refractivity contribution in [2.24, 2.45) is 0 Å². The van der Waals surface area contributed by atoms with Gasteiger partial charge >= 0.3 is 0 Å². The standard InChI is InChI=1S/C25H23F2N3O4S/c1-29(35(33,34)20-13-11-19(27)12-14-20)16-24(31)30-15-3-4-21-22(5-2-6-23(21)30)28-25(32)17-7-9-18(26)10-8-17/h2,5-14H,3-4,15-16H2,1H3,(H,28,32). The highest BCUT2D eigenvalue weighted by Crippen LogP contribution is 2.33. The van der Waals surface area contributed by atoms with Gasteiger partial charge in [0.15, 0.2) is 0 Å². The van der Waals surface area contributed by atoms with E-state index in [1.165, 1.54) is 36.2 Å². The Balaban J connectivity index is 1.53. The molecule has 1 heterocycles. The summed E-state index contributed by atoms with van der Waals surface area (Å²) in [6.45, 7) is -0.0169. The van der Waals surface area contributed by atoms with Gasteiger partial charge < -0.3 is 10.2 Å². The number of halogens is 2. The number of likely N-dealkylation sites (N-methyl/N-ethyl adjacent to an activating group) is 1. The molecule has 7 nitrogen and oxygen atoms in total. The number of carbonyl (C=O) groups excluding carboxylic acids is 2. The van der Waals surface area contributed by atoms with E-state index in [2.05, 4.69) is 5.32 Å². The minimum absolute atomic E-state index is 0.112. The Morgan fingerprint density at radius 1 is 0.971 bits per heavy atom. The fourth-order valence-electron chi connectivity index (χ4n) is 3.94. The Morgan fingerprint density at radius 3 is 2.26 bits per heavy atom. The second kappa shape index (κ2) is 9.93. The largest absolute Gasteiger partial charge is 0.322 e. The number of nitrogens with zero attached hydrogens (tertiary/aromatic N) is 2. The lowest BCUT2D eigenvalue weighted by Crippen LogP contribution is -2.43. The Morgan fingerprint density at radius 2 is 1.60 bits per heavy atom. The van der Waals surface area contributed by atoms with Crippen LogP contribution >= 0.6 is 0 Å². The van der Waals surface area contributed by atoms with Gasteiger partial charge in [0.2, 0.25) is 15.9 Å². The van der Waals surface area contributed by atoms with Crippen LogP contribution in [0.5, 0.6) is 0 Å². The molecule has 0 aromatic heterocycles. The van der Waals surface area contributed by atoms with Gasteiger partial charge in [0.1, 0.15) is 11.6 Å². The van der Waals surface area contributed by atoms with Crippen LogP contribution in [0.4, 0.5) is 20.2 Å². The highest BCUT2D eigenvalue weighted by Gasteiger charge is 2.29. The molecule has 2 amide bonds. The third kappa shape index (κ3) is 5.23. The van der Waals surface area contributed by atoms with E-state index >= 15 is 0 Å². The van der Waals surface area contributed by atoms with Crippen molar-refractivity contribution in [1.29, 1.82) is 0 Å². The van der Waals surface area contributed by atoms with Crippen LogP contribution in [0.1, 0.15) is 22.3 Å². The predicted molar refractivity (Wildman–Crippen MR) is 128 cm³/mol. The first-order chi connectivity index (χ1) is 16.7. The van der Waals surface area contributed by atoms with Gasteiger partial charge in [-0.3, -0.25) is 9.59 Å². The highest BCUT2D eigenvalue weighted by molar-refractivity contribution is 7.89. The summed E-state index contributed by atoms with van der Waals surface area (Å²) in [6, 6.07) is 14.7. The lowest BCUT2D eigenvalue weighted by molar-refractivity contribution is -0.118. The number of benzene rings is 3. The molecule has 3 aromatic rings. The van der Waals surface area contributed by atoms with Crippen molar-refractivity contribution in [3.8, 4) is 0 Å². The van der Waals surface area contributed by atoms with Crippen molar-refractivity contribution in [3.05, 3.63) is 89.5 Å². The third-order valence-corrected chi connectivity index (χ3v) is 7.60. The summed E-state index contributed by atoms with van der Waals surface area (Å²) in [6.07, 6.45) is 1.24. The molecule has 1 aliphatic rings. The fourth-order valence-corrected chi connectivity index (χ4v) is 5.06. The third-order valence-electron chi connectivity index (χ3n) is 5.79. The summed E-state index contributed by atoms with van der Waals surface area (Å²) >= 11 is 0. The molecular formula is C25H23F2N3O4S. The van der Waals surface area contributed by atoms with Gasteiger partial charge in [0.25, 0.3) is 5.91 Å². The molecule has 1 N–H and O–H groups in total. The van der Waals surface area contributed by atoms with Gasteiger partial charge in [-0.05, 0) is 79.1 Å². The Bertz CT molecular complexity index is 1360. The average Bonchev–Trinajstić information content (AvgIpc) is 2.84. The van der Waals surface area contributed by atoms with Gasteiger partial charge in [0, 0.05) is 30.5 Å². The lowest BCUT2D eigenvalue weighted by atomic mass is 9.99. The maximum atomic E-state index is 13.2. The fraction of sp³-hybridized carbons (Fsp3) is 0.200. The molecule has 3 aromatic carbocycles. The molecule has 0 unspecified atom stereocenters. The molecule has 0 radical (unpaired) electrons. The molecule has 0 aliphatic carbocycles. The minimum atomic E-state index is -3.99. The molecule has 0 saturated carbocycles. The molecule has 10 heteroatoms. The summed E-state index contributed by atoms with van der Waals surface area (Å²) in [5.41, 5.74) is 2.17. The van der Waals surface area contributed by atoms with Gasteiger partial charge in [-0.15, -0.1) is 0 Å². The number of anilines is 2. The Labute approximate surface area is 202 Å². The Kier molecular flexibility index (Phi) is 6.95. The first-order valence-electron chi connectivity index (χ1n) is 10.9. The molecule has 4 rings (SSSR count).